The molecule has 22 heteroatoms. The second-order valence-corrected chi connectivity index (χ2v) is 11.4. The molecule has 354 valence electrons. The first-order chi connectivity index (χ1) is 25.3. The van der Waals surface area contributed by atoms with E-state index >= 15 is 0 Å². The van der Waals surface area contributed by atoms with Gasteiger partial charge in [0.05, 0.1) is 127 Å². The summed E-state index contributed by atoms with van der Waals surface area (Å²) in [5, 5.41) is 168. The maximum absolute atomic E-state index is 9.60. The molecule has 10 atom stereocenters. The lowest BCUT2D eigenvalue weighted by atomic mass is 10.4. The molecule has 0 saturated heterocycles. The van der Waals surface area contributed by atoms with E-state index in [9.17, 15) is 4.79 Å². The Morgan fingerprint density at radius 1 is 0.321 bits per heavy atom. The van der Waals surface area contributed by atoms with E-state index in [0.29, 0.717) is 0 Å². The van der Waals surface area contributed by atoms with Gasteiger partial charge in [0, 0.05) is 5.57 Å². The van der Waals surface area contributed by atoms with E-state index in [1.165, 1.54) is 76.2 Å². The molecular weight excluding hydrogens is 760 g/mol. The van der Waals surface area contributed by atoms with E-state index in [-0.39, 0.29) is 71.6 Å². The molecule has 0 aliphatic carbocycles. The molecule has 22 nitrogen and oxygen atoms in total. The molecule has 0 aliphatic heterocycles. The van der Waals surface area contributed by atoms with Crippen LogP contribution in [-0.2, 0) is 4.79 Å². The Bertz CT molecular complexity index is 474. The normalized spacial score (nSPS) is 14.2. The molecule has 21 N–H and O–H groups in total. The minimum atomic E-state index is -0.935. The van der Waals surface area contributed by atoms with Gasteiger partial charge in [0.15, 0.2) is 0 Å². The predicted molar refractivity (Wildman–Crippen MR) is 210 cm³/mol. The van der Waals surface area contributed by atoms with Gasteiger partial charge in [-0.05, 0) is 76.2 Å². The highest BCUT2D eigenvalue weighted by atomic mass is 16.4. The van der Waals surface area contributed by atoms with Crippen molar-refractivity contribution >= 4 is 5.97 Å². The van der Waals surface area contributed by atoms with E-state index in [4.69, 9.17) is 107 Å². The predicted octanol–water partition coefficient (Wildman–Crippen LogP) is -5.76. The molecule has 0 heterocycles. The molecule has 0 aliphatic rings. The van der Waals surface area contributed by atoms with Crippen molar-refractivity contribution in [3.05, 3.63) is 12.2 Å². The van der Waals surface area contributed by atoms with Gasteiger partial charge in [0.25, 0.3) is 0 Å². The summed E-state index contributed by atoms with van der Waals surface area (Å²) in [6.07, 6.45) is -5.60. The van der Waals surface area contributed by atoms with Crippen LogP contribution in [0.1, 0.15) is 76.2 Å². The van der Waals surface area contributed by atoms with Crippen LogP contribution in [0.3, 0.4) is 0 Å². The number of aliphatic hydroxyl groups excluding tert-OH is 20. The van der Waals surface area contributed by atoms with Gasteiger partial charge in [-0.15, -0.1) is 0 Å². The summed E-state index contributed by atoms with van der Waals surface area (Å²) < 4.78 is 0. The molecule has 10 unspecified atom stereocenters. The van der Waals surface area contributed by atoms with E-state index < -0.39 is 67.0 Å². The third-order valence-corrected chi connectivity index (χ3v) is 3.01. The lowest BCUT2D eigenvalue weighted by Crippen LogP contribution is -2.03. The van der Waals surface area contributed by atoms with Crippen molar-refractivity contribution in [2.24, 2.45) is 0 Å². The van der Waals surface area contributed by atoms with Crippen LogP contribution < -0.4 is 0 Å². The van der Waals surface area contributed by atoms with Crippen molar-refractivity contribution in [2.45, 2.75) is 137 Å². The first-order valence-corrected chi connectivity index (χ1v) is 17.1. The van der Waals surface area contributed by atoms with Crippen LogP contribution in [0.4, 0.5) is 0 Å². The Hall–Kier alpha value is -1.59. The van der Waals surface area contributed by atoms with Crippen molar-refractivity contribution in [1.29, 1.82) is 0 Å². The Kier molecular flexibility index (Phi) is 109. The van der Waals surface area contributed by atoms with Crippen molar-refractivity contribution < 1.29 is 112 Å². The van der Waals surface area contributed by atoms with Crippen LogP contribution in [0, 0.1) is 0 Å². The van der Waals surface area contributed by atoms with Crippen LogP contribution >= 0.6 is 0 Å². The first kappa shape index (κ1) is 82.4. The SMILES string of the molecule is C=C(C)C(=O)O.CC(O)CO.CC(O)CO.CC(O)CO.CC(O)CO.CC(O)CO.CC(O)CO.CC(O)CO.CC(O)CO.CC(O)CO.CC(O)CO. The van der Waals surface area contributed by atoms with E-state index in [1.807, 2.05) is 0 Å². The third kappa shape index (κ3) is 276. The second-order valence-electron chi connectivity index (χ2n) is 11.4. The van der Waals surface area contributed by atoms with Gasteiger partial charge in [-0.3, -0.25) is 0 Å². The molecule has 0 saturated carbocycles. The number of carboxylic acid groups (broad SMARTS) is 1. The number of aliphatic hydroxyl groups is 20. The Balaban J connectivity index is -0.0000000442. The maximum Gasteiger partial charge on any atom is 0.330 e. The van der Waals surface area contributed by atoms with E-state index in [0.717, 1.165) is 0 Å². The van der Waals surface area contributed by atoms with Crippen LogP contribution in [0.5, 0.6) is 0 Å². The molecule has 0 aromatic rings. The molecule has 0 bridgehead atoms. The molecule has 0 spiro atoms. The minimum absolute atomic E-state index is 0.139. The number of carboxylic acids is 1. The van der Waals surface area contributed by atoms with Crippen molar-refractivity contribution in [1.82, 2.24) is 0 Å². The highest BCUT2D eigenvalue weighted by Gasteiger charge is 1.90. The van der Waals surface area contributed by atoms with Crippen LogP contribution in [0.2, 0.25) is 0 Å². The molecule has 0 aromatic heterocycles. The number of rotatable bonds is 11. The van der Waals surface area contributed by atoms with Crippen LogP contribution in [0.15, 0.2) is 12.2 Å². The fourth-order valence-corrected chi connectivity index (χ4v) is 0. The van der Waals surface area contributed by atoms with E-state index in [2.05, 4.69) is 6.58 Å². The standard InChI is InChI=1S/C4H6O2.10C3H8O2/c1-3(2)4(5)6;10*1-3(5)2-4/h1H2,2H3,(H,5,6);10*3-5H,2H2,1H3. The van der Waals surface area contributed by atoms with Crippen molar-refractivity contribution in [3.8, 4) is 0 Å². The number of aliphatic carboxylic acids is 1. The Morgan fingerprint density at radius 3 is 0.357 bits per heavy atom. The molecule has 0 radical (unpaired) electrons. The summed E-state index contributed by atoms with van der Waals surface area (Å²) >= 11 is 0. The van der Waals surface area contributed by atoms with Crippen LogP contribution in [0.25, 0.3) is 0 Å². The topological polar surface area (TPSA) is 442 Å². The lowest BCUT2D eigenvalue weighted by Gasteiger charge is -1.90. The fourth-order valence-electron chi connectivity index (χ4n) is 0. The number of hydrogen-bond acceptors (Lipinski definition) is 21. The van der Waals surface area contributed by atoms with E-state index in [1.54, 1.807) is 0 Å². The van der Waals surface area contributed by atoms with Crippen molar-refractivity contribution in [3.63, 3.8) is 0 Å². The highest BCUT2D eigenvalue weighted by molar-refractivity contribution is 5.84. The average Bonchev–Trinajstić information content (AvgIpc) is 3.13. The molecule has 0 rings (SSSR count). The zero-order valence-electron chi connectivity index (χ0n) is 35.4. The van der Waals surface area contributed by atoms with Gasteiger partial charge >= 0.3 is 5.97 Å². The molecule has 0 fully saturated rings. The van der Waals surface area contributed by atoms with Gasteiger partial charge in [-0.25, -0.2) is 4.79 Å². The molecular formula is C34H86O22. The smallest absolute Gasteiger partial charge is 0.330 e. The monoisotopic (exact) mass is 847 g/mol. The van der Waals surface area contributed by atoms with Gasteiger partial charge in [0.1, 0.15) is 0 Å². The quantitative estimate of drug-likeness (QED) is 0.0861. The fraction of sp³-hybridized carbons (Fsp3) is 0.912. The number of carbonyl (C=O) groups is 1. The lowest BCUT2D eigenvalue weighted by molar-refractivity contribution is -0.132. The largest absolute Gasteiger partial charge is 0.478 e. The zero-order valence-corrected chi connectivity index (χ0v) is 35.4. The summed E-state index contributed by atoms with van der Waals surface area (Å²) in [5.74, 6) is -0.935. The first-order valence-electron chi connectivity index (χ1n) is 17.1. The third-order valence-electron chi connectivity index (χ3n) is 3.01. The minimum Gasteiger partial charge on any atom is -0.478 e. The molecule has 56 heavy (non-hydrogen) atoms. The van der Waals surface area contributed by atoms with Crippen molar-refractivity contribution in [2.75, 3.05) is 66.1 Å². The second kappa shape index (κ2) is 74.4. The van der Waals surface area contributed by atoms with Gasteiger partial charge < -0.3 is 107 Å². The summed E-state index contributed by atoms with van der Waals surface area (Å²) in [6, 6.07) is 0. The molecule has 0 aromatic carbocycles. The Morgan fingerprint density at radius 2 is 0.357 bits per heavy atom. The maximum atomic E-state index is 9.60. The average molecular weight is 847 g/mol. The highest BCUT2D eigenvalue weighted by Crippen LogP contribution is 1.81. The summed E-state index contributed by atoms with van der Waals surface area (Å²) in [6.45, 7) is 18.5. The van der Waals surface area contributed by atoms with Gasteiger partial charge in [-0.2, -0.15) is 0 Å². The Labute approximate surface area is 333 Å². The van der Waals surface area contributed by atoms with Gasteiger partial charge in [0.2, 0.25) is 0 Å². The molecule has 0 amide bonds. The summed E-state index contributed by atoms with van der Waals surface area (Å²) in [4.78, 5) is 9.60. The zero-order chi connectivity index (χ0) is 48.0. The summed E-state index contributed by atoms with van der Waals surface area (Å²) in [5.41, 5.74) is 0.176. The number of hydrogen-bond donors (Lipinski definition) is 21. The van der Waals surface area contributed by atoms with Gasteiger partial charge in [-0.1, -0.05) is 6.58 Å². The summed E-state index contributed by atoms with van der Waals surface area (Å²) in [7, 11) is 0. The van der Waals surface area contributed by atoms with Crippen LogP contribution in [-0.4, -0.2) is 240 Å².